The van der Waals surface area contributed by atoms with E-state index in [0.717, 1.165) is 24.0 Å². The van der Waals surface area contributed by atoms with E-state index in [1.165, 1.54) is 6.07 Å². The summed E-state index contributed by atoms with van der Waals surface area (Å²) in [7, 11) is 0. The van der Waals surface area contributed by atoms with E-state index in [1.54, 1.807) is 13.8 Å². The molecule has 1 aromatic rings. The predicted molar refractivity (Wildman–Crippen MR) is 65.4 cm³/mol. The van der Waals surface area contributed by atoms with Crippen LogP contribution in [0.4, 0.5) is 10.1 Å². The number of carbonyl (C=O) groups is 1. The standard InChI is InChI=1S/C13H17FN2O/c1-13(2)9-6-8(4-3-5-15)7-10(14)11(9)16-12(13)17/h6-7H,3-5,15H2,1-2H3,(H,16,17). The topological polar surface area (TPSA) is 55.1 Å². The van der Waals surface area contributed by atoms with E-state index in [1.807, 2.05) is 6.07 Å². The summed E-state index contributed by atoms with van der Waals surface area (Å²) >= 11 is 0. The van der Waals surface area contributed by atoms with Crippen LogP contribution in [0.5, 0.6) is 0 Å². The number of halogens is 1. The van der Waals surface area contributed by atoms with Crippen molar-refractivity contribution in [1.29, 1.82) is 0 Å². The van der Waals surface area contributed by atoms with Gasteiger partial charge in [0.05, 0.1) is 11.1 Å². The lowest BCUT2D eigenvalue weighted by molar-refractivity contribution is -0.119. The van der Waals surface area contributed by atoms with Crippen molar-refractivity contribution in [3.05, 3.63) is 29.1 Å². The van der Waals surface area contributed by atoms with E-state index in [9.17, 15) is 9.18 Å². The molecule has 3 N–H and O–H groups in total. The quantitative estimate of drug-likeness (QED) is 0.842. The van der Waals surface area contributed by atoms with Gasteiger partial charge in [-0.1, -0.05) is 6.07 Å². The SMILES string of the molecule is CC1(C)C(=O)Nc2c(F)cc(CCCN)cc21. The molecule has 17 heavy (non-hydrogen) atoms. The predicted octanol–water partition coefficient (Wildman–Crippen LogP) is 1.95. The summed E-state index contributed by atoms with van der Waals surface area (Å²) in [5.74, 6) is -0.504. The van der Waals surface area contributed by atoms with Gasteiger partial charge >= 0.3 is 0 Å². The van der Waals surface area contributed by atoms with Crippen molar-refractivity contribution in [2.45, 2.75) is 32.1 Å². The number of rotatable bonds is 3. The highest BCUT2D eigenvalue weighted by Crippen LogP contribution is 2.39. The molecule has 0 atom stereocenters. The second-order valence-corrected chi connectivity index (χ2v) is 4.97. The van der Waals surface area contributed by atoms with Crippen molar-refractivity contribution in [1.82, 2.24) is 0 Å². The molecule has 1 aromatic carbocycles. The van der Waals surface area contributed by atoms with Crippen LogP contribution in [0.1, 0.15) is 31.4 Å². The first-order valence-corrected chi connectivity index (χ1v) is 5.81. The minimum atomic E-state index is -0.658. The Kier molecular flexibility index (Phi) is 2.91. The van der Waals surface area contributed by atoms with E-state index in [0.29, 0.717) is 12.2 Å². The van der Waals surface area contributed by atoms with Crippen LogP contribution in [-0.4, -0.2) is 12.5 Å². The van der Waals surface area contributed by atoms with Gasteiger partial charge in [0.25, 0.3) is 0 Å². The summed E-state index contributed by atoms with van der Waals surface area (Å²) in [6.07, 6.45) is 1.56. The fourth-order valence-electron chi connectivity index (χ4n) is 2.13. The van der Waals surface area contributed by atoms with E-state index in [-0.39, 0.29) is 11.7 Å². The molecular formula is C13H17FN2O. The van der Waals surface area contributed by atoms with Crippen LogP contribution >= 0.6 is 0 Å². The zero-order chi connectivity index (χ0) is 12.6. The fraction of sp³-hybridized carbons (Fsp3) is 0.462. The molecule has 3 nitrogen and oxygen atoms in total. The van der Waals surface area contributed by atoms with Crippen LogP contribution in [-0.2, 0) is 16.6 Å². The minimum absolute atomic E-state index is 0.151. The molecule has 0 aromatic heterocycles. The average molecular weight is 236 g/mol. The van der Waals surface area contributed by atoms with Gasteiger partial charge < -0.3 is 11.1 Å². The lowest BCUT2D eigenvalue weighted by Crippen LogP contribution is -2.26. The first-order chi connectivity index (χ1) is 7.96. The molecule has 0 unspecified atom stereocenters. The molecule has 0 spiro atoms. The third-order valence-corrected chi connectivity index (χ3v) is 3.30. The highest BCUT2D eigenvalue weighted by Gasteiger charge is 2.40. The monoisotopic (exact) mass is 236 g/mol. The smallest absolute Gasteiger partial charge is 0.234 e. The van der Waals surface area contributed by atoms with Crippen LogP contribution in [0.25, 0.3) is 0 Å². The second kappa shape index (κ2) is 4.11. The lowest BCUT2D eigenvalue weighted by Gasteiger charge is -2.16. The molecule has 2 rings (SSSR count). The summed E-state index contributed by atoms with van der Waals surface area (Å²) in [4.78, 5) is 11.7. The van der Waals surface area contributed by atoms with Crippen molar-refractivity contribution in [2.75, 3.05) is 11.9 Å². The van der Waals surface area contributed by atoms with Gasteiger partial charge in [-0.05, 0) is 50.4 Å². The summed E-state index contributed by atoms with van der Waals surface area (Å²) in [5.41, 5.74) is 6.76. The van der Waals surface area contributed by atoms with Gasteiger partial charge in [0.15, 0.2) is 0 Å². The maximum atomic E-state index is 13.8. The molecule has 1 heterocycles. The Morgan fingerprint density at radius 1 is 1.41 bits per heavy atom. The van der Waals surface area contributed by atoms with Gasteiger partial charge in [-0.15, -0.1) is 0 Å². The molecule has 0 radical (unpaired) electrons. The third kappa shape index (κ3) is 1.93. The van der Waals surface area contributed by atoms with Crippen LogP contribution in [0, 0.1) is 5.82 Å². The van der Waals surface area contributed by atoms with Gasteiger partial charge in [-0.2, -0.15) is 0 Å². The van der Waals surface area contributed by atoms with Gasteiger partial charge in [-0.3, -0.25) is 4.79 Å². The Bertz CT molecular complexity index is 469. The zero-order valence-electron chi connectivity index (χ0n) is 10.1. The van der Waals surface area contributed by atoms with Crippen LogP contribution in [0.3, 0.4) is 0 Å². The van der Waals surface area contributed by atoms with Crippen molar-refractivity contribution in [3.8, 4) is 0 Å². The van der Waals surface area contributed by atoms with Crippen LogP contribution in [0.15, 0.2) is 12.1 Å². The Hall–Kier alpha value is -1.42. The molecule has 1 amide bonds. The van der Waals surface area contributed by atoms with E-state index < -0.39 is 5.41 Å². The molecule has 0 bridgehead atoms. The normalized spacial score (nSPS) is 16.8. The first kappa shape index (κ1) is 12.0. The number of aryl methyl sites for hydroxylation is 1. The molecule has 0 aliphatic carbocycles. The van der Waals surface area contributed by atoms with E-state index in [4.69, 9.17) is 5.73 Å². The summed E-state index contributed by atoms with van der Waals surface area (Å²) < 4.78 is 13.8. The number of benzene rings is 1. The van der Waals surface area contributed by atoms with Gasteiger partial charge in [0.2, 0.25) is 5.91 Å². The Labute approximate surface area is 100 Å². The Morgan fingerprint density at radius 3 is 2.76 bits per heavy atom. The molecular weight excluding hydrogens is 219 g/mol. The maximum absolute atomic E-state index is 13.8. The maximum Gasteiger partial charge on any atom is 0.234 e. The number of hydrogen-bond donors (Lipinski definition) is 2. The van der Waals surface area contributed by atoms with Crippen LogP contribution < -0.4 is 11.1 Å². The average Bonchev–Trinajstić information content (AvgIpc) is 2.50. The fourth-order valence-corrected chi connectivity index (χ4v) is 2.13. The van der Waals surface area contributed by atoms with Gasteiger partial charge in [-0.25, -0.2) is 4.39 Å². The number of hydrogen-bond acceptors (Lipinski definition) is 2. The summed E-state index contributed by atoms with van der Waals surface area (Å²) in [6.45, 7) is 4.19. The second-order valence-electron chi connectivity index (χ2n) is 4.97. The van der Waals surface area contributed by atoms with Crippen molar-refractivity contribution < 1.29 is 9.18 Å². The number of nitrogens with two attached hydrogens (primary N) is 1. The zero-order valence-corrected chi connectivity index (χ0v) is 10.1. The Balaban J connectivity index is 2.44. The van der Waals surface area contributed by atoms with Crippen molar-refractivity contribution in [2.24, 2.45) is 5.73 Å². The van der Waals surface area contributed by atoms with Crippen molar-refractivity contribution >= 4 is 11.6 Å². The molecule has 0 fully saturated rings. The molecule has 92 valence electrons. The van der Waals surface area contributed by atoms with Gasteiger partial charge in [0.1, 0.15) is 5.82 Å². The van der Waals surface area contributed by atoms with E-state index >= 15 is 0 Å². The molecule has 4 heteroatoms. The number of nitrogens with one attached hydrogen (secondary N) is 1. The third-order valence-electron chi connectivity index (χ3n) is 3.30. The van der Waals surface area contributed by atoms with E-state index in [2.05, 4.69) is 5.32 Å². The molecule has 1 aliphatic rings. The highest BCUT2D eigenvalue weighted by atomic mass is 19.1. The van der Waals surface area contributed by atoms with Gasteiger partial charge in [0, 0.05) is 0 Å². The molecule has 0 saturated carbocycles. The largest absolute Gasteiger partial charge is 0.330 e. The summed E-state index contributed by atoms with van der Waals surface area (Å²) in [6, 6.07) is 3.39. The minimum Gasteiger partial charge on any atom is -0.330 e. The highest BCUT2D eigenvalue weighted by molar-refractivity contribution is 6.05. The number of anilines is 1. The number of fused-ring (bicyclic) bond motifs is 1. The Morgan fingerprint density at radius 2 is 2.12 bits per heavy atom. The molecule has 0 saturated heterocycles. The van der Waals surface area contributed by atoms with Crippen molar-refractivity contribution in [3.63, 3.8) is 0 Å². The van der Waals surface area contributed by atoms with Crippen LogP contribution in [0.2, 0.25) is 0 Å². The lowest BCUT2D eigenvalue weighted by atomic mass is 9.85. The number of carbonyl (C=O) groups excluding carboxylic acids is 1. The number of amides is 1. The first-order valence-electron chi connectivity index (χ1n) is 5.81. The summed E-state index contributed by atoms with van der Waals surface area (Å²) in [5, 5.41) is 2.60. The molecule has 1 aliphatic heterocycles.